The summed E-state index contributed by atoms with van der Waals surface area (Å²) >= 11 is 8.22. The molecule has 0 aromatic heterocycles. The predicted molar refractivity (Wildman–Crippen MR) is 85.2 cm³/mol. The molecule has 1 amide bonds. The summed E-state index contributed by atoms with van der Waals surface area (Å²) in [5.41, 5.74) is 0.672. The van der Waals surface area contributed by atoms with Crippen LogP contribution in [0, 0.1) is 9.49 Å². The van der Waals surface area contributed by atoms with Gasteiger partial charge in [-0.25, -0.2) is 0 Å². The fourth-order valence-electron chi connectivity index (χ4n) is 1.67. The second kappa shape index (κ2) is 7.34. The van der Waals surface area contributed by atoms with E-state index in [2.05, 4.69) is 36.4 Å². The van der Waals surface area contributed by atoms with Gasteiger partial charge in [-0.2, -0.15) is 0 Å². The number of benzene rings is 1. The van der Waals surface area contributed by atoms with E-state index >= 15 is 0 Å². The molecule has 100 valence electrons. The standard InChI is InChI=1S/C14H19ClINO/c1-4-10(3)9-17(5-2)14(18)11-6-7-13(16)12(15)8-11/h6-8,10H,4-5,9H2,1-3H3. The smallest absolute Gasteiger partial charge is 0.253 e. The monoisotopic (exact) mass is 379 g/mol. The Hall–Kier alpha value is -0.290. The molecular formula is C14H19ClINO. The minimum Gasteiger partial charge on any atom is -0.339 e. The van der Waals surface area contributed by atoms with E-state index in [1.54, 1.807) is 6.07 Å². The van der Waals surface area contributed by atoms with Crippen LogP contribution in [0.5, 0.6) is 0 Å². The van der Waals surface area contributed by atoms with E-state index in [0.29, 0.717) is 16.5 Å². The highest BCUT2D eigenvalue weighted by atomic mass is 127. The van der Waals surface area contributed by atoms with Gasteiger partial charge in [0.25, 0.3) is 5.91 Å². The van der Waals surface area contributed by atoms with E-state index in [9.17, 15) is 4.79 Å². The van der Waals surface area contributed by atoms with Crippen molar-refractivity contribution in [2.45, 2.75) is 27.2 Å². The van der Waals surface area contributed by atoms with E-state index in [4.69, 9.17) is 11.6 Å². The molecule has 1 aromatic carbocycles. The third-order valence-corrected chi connectivity index (χ3v) is 4.64. The molecule has 0 bridgehead atoms. The van der Waals surface area contributed by atoms with Crippen molar-refractivity contribution in [1.82, 2.24) is 4.90 Å². The van der Waals surface area contributed by atoms with Gasteiger partial charge in [0, 0.05) is 22.2 Å². The fraction of sp³-hybridized carbons (Fsp3) is 0.500. The fourth-order valence-corrected chi connectivity index (χ4v) is 2.19. The maximum Gasteiger partial charge on any atom is 0.253 e. The highest BCUT2D eigenvalue weighted by Gasteiger charge is 2.16. The van der Waals surface area contributed by atoms with Gasteiger partial charge in [0.2, 0.25) is 0 Å². The number of halogens is 2. The normalized spacial score (nSPS) is 12.3. The molecule has 18 heavy (non-hydrogen) atoms. The van der Waals surface area contributed by atoms with Crippen LogP contribution in [0.15, 0.2) is 18.2 Å². The molecule has 0 saturated heterocycles. The number of hydrogen-bond acceptors (Lipinski definition) is 1. The molecule has 1 atom stereocenters. The van der Waals surface area contributed by atoms with Gasteiger partial charge in [0.05, 0.1) is 5.02 Å². The largest absolute Gasteiger partial charge is 0.339 e. The summed E-state index contributed by atoms with van der Waals surface area (Å²) in [6.07, 6.45) is 1.08. The maximum absolute atomic E-state index is 12.4. The van der Waals surface area contributed by atoms with Crippen molar-refractivity contribution in [2.75, 3.05) is 13.1 Å². The molecule has 1 rings (SSSR count). The van der Waals surface area contributed by atoms with Gasteiger partial charge in [-0.3, -0.25) is 4.79 Å². The molecule has 0 fully saturated rings. The third kappa shape index (κ3) is 4.12. The Labute approximate surface area is 128 Å². The average Bonchev–Trinajstić information content (AvgIpc) is 2.38. The summed E-state index contributed by atoms with van der Waals surface area (Å²) in [4.78, 5) is 14.2. The maximum atomic E-state index is 12.4. The lowest BCUT2D eigenvalue weighted by atomic mass is 10.1. The quantitative estimate of drug-likeness (QED) is 0.692. The van der Waals surface area contributed by atoms with E-state index in [1.165, 1.54) is 0 Å². The van der Waals surface area contributed by atoms with E-state index < -0.39 is 0 Å². The van der Waals surface area contributed by atoms with Crippen molar-refractivity contribution >= 4 is 40.1 Å². The second-order valence-corrected chi connectivity index (χ2v) is 6.06. The summed E-state index contributed by atoms with van der Waals surface area (Å²) in [7, 11) is 0. The molecular weight excluding hydrogens is 361 g/mol. The van der Waals surface area contributed by atoms with E-state index in [0.717, 1.165) is 23.1 Å². The molecule has 0 spiro atoms. The first kappa shape index (κ1) is 15.8. The van der Waals surface area contributed by atoms with Gasteiger partial charge in [-0.15, -0.1) is 0 Å². The van der Waals surface area contributed by atoms with Crippen molar-refractivity contribution in [3.63, 3.8) is 0 Å². The van der Waals surface area contributed by atoms with Gasteiger partial charge in [0.1, 0.15) is 0 Å². The Morgan fingerprint density at radius 3 is 2.61 bits per heavy atom. The topological polar surface area (TPSA) is 20.3 Å². The molecule has 0 aliphatic rings. The molecule has 1 aromatic rings. The second-order valence-electron chi connectivity index (χ2n) is 4.49. The number of hydrogen-bond donors (Lipinski definition) is 0. The molecule has 0 heterocycles. The summed E-state index contributed by atoms with van der Waals surface area (Å²) in [6.45, 7) is 7.85. The molecule has 4 heteroatoms. The Morgan fingerprint density at radius 1 is 1.44 bits per heavy atom. The first-order valence-corrected chi connectivity index (χ1v) is 7.69. The Bertz CT molecular complexity index is 422. The zero-order valence-corrected chi connectivity index (χ0v) is 14.0. The number of carbonyl (C=O) groups excluding carboxylic acids is 1. The summed E-state index contributed by atoms with van der Waals surface area (Å²) in [6, 6.07) is 5.48. The number of amides is 1. The van der Waals surface area contributed by atoms with Crippen molar-refractivity contribution in [3.05, 3.63) is 32.4 Å². The minimum atomic E-state index is 0.0658. The first-order valence-electron chi connectivity index (χ1n) is 6.23. The van der Waals surface area contributed by atoms with E-state index in [1.807, 2.05) is 24.0 Å². The van der Waals surface area contributed by atoms with Gasteiger partial charge >= 0.3 is 0 Å². The Kier molecular flexibility index (Phi) is 6.43. The van der Waals surface area contributed by atoms with Crippen molar-refractivity contribution in [1.29, 1.82) is 0 Å². The number of carbonyl (C=O) groups is 1. The van der Waals surface area contributed by atoms with Gasteiger partial charge in [0.15, 0.2) is 0 Å². The van der Waals surface area contributed by atoms with Crippen LogP contribution < -0.4 is 0 Å². The van der Waals surface area contributed by atoms with Crippen LogP contribution in [0.3, 0.4) is 0 Å². The third-order valence-electron chi connectivity index (χ3n) is 3.06. The molecule has 0 N–H and O–H groups in total. The predicted octanol–water partition coefficient (Wildman–Crippen LogP) is 4.45. The minimum absolute atomic E-state index is 0.0658. The number of rotatable bonds is 5. The Morgan fingerprint density at radius 2 is 2.11 bits per heavy atom. The van der Waals surface area contributed by atoms with Crippen molar-refractivity contribution < 1.29 is 4.79 Å². The van der Waals surface area contributed by atoms with Crippen LogP contribution in [0.1, 0.15) is 37.6 Å². The summed E-state index contributed by atoms with van der Waals surface area (Å²) in [5, 5.41) is 0.640. The molecule has 0 aliphatic carbocycles. The average molecular weight is 380 g/mol. The molecule has 0 aliphatic heterocycles. The number of nitrogens with zero attached hydrogens (tertiary/aromatic N) is 1. The molecule has 2 nitrogen and oxygen atoms in total. The van der Waals surface area contributed by atoms with Crippen LogP contribution in [0.25, 0.3) is 0 Å². The van der Waals surface area contributed by atoms with E-state index in [-0.39, 0.29) is 5.91 Å². The lowest BCUT2D eigenvalue weighted by Gasteiger charge is -2.24. The first-order chi connectivity index (χ1) is 8.49. The molecule has 0 saturated carbocycles. The highest BCUT2D eigenvalue weighted by molar-refractivity contribution is 14.1. The lowest BCUT2D eigenvalue weighted by molar-refractivity contribution is 0.0741. The summed E-state index contributed by atoms with van der Waals surface area (Å²) in [5.74, 6) is 0.587. The van der Waals surface area contributed by atoms with Gasteiger partial charge in [-0.05, 0) is 53.6 Å². The van der Waals surface area contributed by atoms with Crippen LogP contribution >= 0.6 is 34.2 Å². The molecule has 1 unspecified atom stereocenters. The van der Waals surface area contributed by atoms with Crippen molar-refractivity contribution in [3.8, 4) is 0 Å². The van der Waals surface area contributed by atoms with Gasteiger partial charge < -0.3 is 4.90 Å². The van der Waals surface area contributed by atoms with Crippen LogP contribution in [0.2, 0.25) is 5.02 Å². The van der Waals surface area contributed by atoms with Crippen molar-refractivity contribution in [2.24, 2.45) is 5.92 Å². The summed E-state index contributed by atoms with van der Waals surface area (Å²) < 4.78 is 0.968. The van der Waals surface area contributed by atoms with Crippen LogP contribution in [-0.4, -0.2) is 23.9 Å². The Balaban J connectivity index is 2.86. The zero-order valence-electron chi connectivity index (χ0n) is 11.0. The SMILES string of the molecule is CCC(C)CN(CC)C(=O)c1ccc(I)c(Cl)c1. The molecule has 0 radical (unpaired) electrons. The highest BCUT2D eigenvalue weighted by Crippen LogP contribution is 2.20. The van der Waals surface area contributed by atoms with Crippen LogP contribution in [0.4, 0.5) is 0 Å². The van der Waals surface area contributed by atoms with Gasteiger partial charge in [-0.1, -0.05) is 31.9 Å². The lowest BCUT2D eigenvalue weighted by Crippen LogP contribution is -2.34. The zero-order chi connectivity index (χ0) is 13.7. The van der Waals surface area contributed by atoms with Crippen LogP contribution in [-0.2, 0) is 0 Å².